The van der Waals surface area contributed by atoms with E-state index < -0.39 is 12.7 Å². The van der Waals surface area contributed by atoms with Crippen LogP contribution >= 0.6 is 0 Å². The zero-order valence-corrected chi connectivity index (χ0v) is 9.73. The molecule has 0 aliphatic heterocycles. The summed E-state index contributed by atoms with van der Waals surface area (Å²) in [6.07, 6.45) is -3.18. The van der Waals surface area contributed by atoms with Crippen molar-refractivity contribution >= 4 is 17.0 Å². The standard InChI is InChI=1S/C9H11F3N6/c1-5(2)15-7-6-8(14-4-13-7)18(17-16-6)3-9(10,11)12/h4-5H,3H2,1-2H3,(H,13,14,15). The van der Waals surface area contributed by atoms with E-state index in [-0.39, 0.29) is 17.2 Å². The molecule has 6 nitrogen and oxygen atoms in total. The molecule has 1 N–H and O–H groups in total. The summed E-state index contributed by atoms with van der Waals surface area (Å²) in [6, 6.07) is 0.0795. The monoisotopic (exact) mass is 260 g/mol. The van der Waals surface area contributed by atoms with Crippen LogP contribution in [-0.4, -0.2) is 37.2 Å². The van der Waals surface area contributed by atoms with Crippen molar-refractivity contribution in [1.29, 1.82) is 0 Å². The highest BCUT2D eigenvalue weighted by Gasteiger charge is 2.30. The molecule has 9 heteroatoms. The topological polar surface area (TPSA) is 68.5 Å². The highest BCUT2D eigenvalue weighted by atomic mass is 19.4. The Bertz CT molecular complexity index is 547. The molecule has 98 valence electrons. The minimum Gasteiger partial charge on any atom is -0.366 e. The first-order chi connectivity index (χ1) is 8.37. The zero-order valence-electron chi connectivity index (χ0n) is 9.73. The van der Waals surface area contributed by atoms with Gasteiger partial charge >= 0.3 is 6.18 Å². The molecule has 2 heterocycles. The third-order valence-electron chi connectivity index (χ3n) is 2.05. The summed E-state index contributed by atoms with van der Waals surface area (Å²) in [4.78, 5) is 7.72. The van der Waals surface area contributed by atoms with Crippen LogP contribution in [-0.2, 0) is 6.54 Å². The van der Waals surface area contributed by atoms with Gasteiger partial charge in [0.25, 0.3) is 0 Å². The highest BCUT2D eigenvalue weighted by Crippen LogP contribution is 2.21. The SMILES string of the molecule is CC(C)Nc1ncnc2c1nnn2CC(F)(F)F. The number of rotatable bonds is 3. The Balaban J connectivity index is 2.42. The van der Waals surface area contributed by atoms with Gasteiger partial charge in [-0.05, 0) is 13.8 Å². The number of hydrogen-bond donors (Lipinski definition) is 1. The fourth-order valence-corrected chi connectivity index (χ4v) is 1.45. The zero-order chi connectivity index (χ0) is 13.3. The first kappa shape index (κ1) is 12.5. The van der Waals surface area contributed by atoms with Crippen molar-refractivity contribution in [1.82, 2.24) is 25.0 Å². The molecule has 0 aliphatic carbocycles. The van der Waals surface area contributed by atoms with Crippen LogP contribution in [0.1, 0.15) is 13.8 Å². The average molecular weight is 260 g/mol. The van der Waals surface area contributed by atoms with Gasteiger partial charge in [-0.15, -0.1) is 5.10 Å². The summed E-state index contributed by atoms with van der Waals surface area (Å²) >= 11 is 0. The Morgan fingerprint density at radius 2 is 2.06 bits per heavy atom. The molecule has 0 aromatic carbocycles. The summed E-state index contributed by atoms with van der Waals surface area (Å²) in [5, 5.41) is 10.1. The first-order valence-corrected chi connectivity index (χ1v) is 5.24. The Hall–Kier alpha value is -1.93. The van der Waals surface area contributed by atoms with Gasteiger partial charge in [0.1, 0.15) is 12.9 Å². The van der Waals surface area contributed by atoms with Gasteiger partial charge in [-0.2, -0.15) is 13.2 Å². The lowest BCUT2D eigenvalue weighted by atomic mass is 10.4. The molecule has 0 aliphatic rings. The number of aromatic nitrogens is 5. The van der Waals surface area contributed by atoms with E-state index in [1.165, 1.54) is 6.33 Å². The number of fused-ring (bicyclic) bond motifs is 1. The van der Waals surface area contributed by atoms with Gasteiger partial charge in [-0.25, -0.2) is 14.6 Å². The molecule has 0 amide bonds. The quantitative estimate of drug-likeness (QED) is 0.907. The van der Waals surface area contributed by atoms with Gasteiger partial charge in [0.15, 0.2) is 17.0 Å². The van der Waals surface area contributed by atoms with E-state index >= 15 is 0 Å². The average Bonchev–Trinajstić information content (AvgIpc) is 2.59. The molecule has 0 unspecified atom stereocenters. The van der Waals surface area contributed by atoms with E-state index in [0.717, 1.165) is 0 Å². The lowest BCUT2D eigenvalue weighted by Gasteiger charge is -2.09. The molecule has 0 atom stereocenters. The fraction of sp³-hybridized carbons (Fsp3) is 0.556. The number of alkyl halides is 3. The van der Waals surface area contributed by atoms with Gasteiger partial charge in [0.05, 0.1) is 0 Å². The first-order valence-electron chi connectivity index (χ1n) is 5.24. The lowest BCUT2D eigenvalue weighted by molar-refractivity contribution is -0.142. The van der Waals surface area contributed by atoms with Crippen LogP contribution in [0.5, 0.6) is 0 Å². The highest BCUT2D eigenvalue weighted by molar-refractivity contribution is 5.81. The maximum atomic E-state index is 12.3. The Kier molecular flexibility index (Phi) is 3.05. The molecule has 0 saturated carbocycles. The van der Waals surface area contributed by atoms with Crippen molar-refractivity contribution in [3.63, 3.8) is 0 Å². The third-order valence-corrected chi connectivity index (χ3v) is 2.05. The largest absolute Gasteiger partial charge is 0.408 e. The van der Waals surface area contributed by atoms with Crippen LogP contribution in [0.2, 0.25) is 0 Å². The van der Waals surface area contributed by atoms with Crippen LogP contribution < -0.4 is 5.32 Å². The van der Waals surface area contributed by atoms with Crippen LogP contribution in [0.4, 0.5) is 19.0 Å². The number of anilines is 1. The molecule has 0 spiro atoms. The smallest absolute Gasteiger partial charge is 0.366 e. The van der Waals surface area contributed by atoms with Crippen LogP contribution in [0, 0.1) is 0 Å². The summed E-state index contributed by atoms with van der Waals surface area (Å²) in [5.74, 6) is 0.378. The van der Waals surface area contributed by atoms with Gasteiger partial charge in [-0.1, -0.05) is 5.21 Å². The van der Waals surface area contributed by atoms with Crippen molar-refractivity contribution < 1.29 is 13.2 Å². The normalized spacial score (nSPS) is 12.3. The molecule has 0 fully saturated rings. The summed E-state index contributed by atoms with van der Waals surface area (Å²) in [5.41, 5.74) is 0.293. The van der Waals surface area contributed by atoms with Crippen molar-refractivity contribution in [2.75, 3.05) is 5.32 Å². The maximum absolute atomic E-state index is 12.3. The molecule has 2 aromatic heterocycles. The Morgan fingerprint density at radius 1 is 1.33 bits per heavy atom. The van der Waals surface area contributed by atoms with Crippen molar-refractivity contribution in [3.05, 3.63) is 6.33 Å². The van der Waals surface area contributed by atoms with Crippen molar-refractivity contribution in [3.8, 4) is 0 Å². The van der Waals surface area contributed by atoms with E-state index in [2.05, 4.69) is 25.6 Å². The van der Waals surface area contributed by atoms with Crippen LogP contribution in [0.15, 0.2) is 6.33 Å². The molecule has 2 aromatic rings. The molecular formula is C9H11F3N6. The van der Waals surface area contributed by atoms with Gasteiger partial charge in [-0.3, -0.25) is 0 Å². The third kappa shape index (κ3) is 2.66. The Morgan fingerprint density at radius 3 is 2.67 bits per heavy atom. The summed E-state index contributed by atoms with van der Waals surface area (Å²) < 4.78 is 37.6. The second kappa shape index (κ2) is 4.39. The molecule has 18 heavy (non-hydrogen) atoms. The second-order valence-corrected chi connectivity index (χ2v) is 4.06. The van der Waals surface area contributed by atoms with E-state index in [9.17, 15) is 13.2 Å². The minimum absolute atomic E-state index is 0.0606. The van der Waals surface area contributed by atoms with E-state index in [0.29, 0.717) is 10.5 Å². The van der Waals surface area contributed by atoms with Gasteiger partial charge in [0.2, 0.25) is 0 Å². The molecular weight excluding hydrogens is 249 g/mol. The predicted molar refractivity (Wildman–Crippen MR) is 57.9 cm³/mol. The maximum Gasteiger partial charge on any atom is 0.408 e. The van der Waals surface area contributed by atoms with Gasteiger partial charge < -0.3 is 5.32 Å². The summed E-state index contributed by atoms with van der Waals surface area (Å²) in [6.45, 7) is 2.55. The van der Waals surface area contributed by atoms with Crippen molar-refractivity contribution in [2.45, 2.75) is 32.6 Å². The van der Waals surface area contributed by atoms with E-state index in [1.807, 2.05) is 13.8 Å². The predicted octanol–water partition coefficient (Wildman–Crippen LogP) is 1.60. The molecule has 0 saturated heterocycles. The van der Waals surface area contributed by atoms with Crippen LogP contribution in [0.25, 0.3) is 11.2 Å². The molecule has 0 bridgehead atoms. The number of nitrogens with zero attached hydrogens (tertiary/aromatic N) is 5. The second-order valence-electron chi connectivity index (χ2n) is 4.06. The fourth-order valence-electron chi connectivity index (χ4n) is 1.45. The van der Waals surface area contributed by atoms with Crippen LogP contribution in [0.3, 0.4) is 0 Å². The summed E-state index contributed by atoms with van der Waals surface area (Å²) in [7, 11) is 0. The van der Waals surface area contributed by atoms with E-state index in [1.54, 1.807) is 0 Å². The Labute approximate surface area is 100 Å². The van der Waals surface area contributed by atoms with Gasteiger partial charge in [0, 0.05) is 6.04 Å². The van der Waals surface area contributed by atoms with E-state index in [4.69, 9.17) is 0 Å². The number of nitrogens with one attached hydrogen (secondary N) is 1. The minimum atomic E-state index is -4.36. The number of halogens is 3. The molecule has 2 rings (SSSR count). The number of hydrogen-bond acceptors (Lipinski definition) is 5. The van der Waals surface area contributed by atoms with Crippen molar-refractivity contribution in [2.24, 2.45) is 0 Å². The molecule has 0 radical (unpaired) electrons. The lowest BCUT2D eigenvalue weighted by Crippen LogP contribution is -2.19.